The Kier molecular flexibility index (Phi) is 3.41. The SMILES string of the molecule is CCc1cc(C(=O)NCc2ccco2)cs1.[HH]. The summed E-state index contributed by atoms with van der Waals surface area (Å²) in [7, 11) is 0. The van der Waals surface area contributed by atoms with E-state index in [-0.39, 0.29) is 7.33 Å². The highest BCUT2D eigenvalue weighted by molar-refractivity contribution is 7.10. The van der Waals surface area contributed by atoms with Crippen molar-refractivity contribution in [3.8, 4) is 0 Å². The zero-order valence-corrected chi connectivity index (χ0v) is 9.84. The van der Waals surface area contributed by atoms with Gasteiger partial charge in [-0.1, -0.05) is 6.92 Å². The number of furan rings is 1. The minimum Gasteiger partial charge on any atom is -0.467 e. The summed E-state index contributed by atoms with van der Waals surface area (Å²) in [5.74, 6) is 0.714. The molecule has 0 atom stereocenters. The molecule has 86 valence electrons. The molecule has 0 bridgehead atoms. The zero-order valence-electron chi connectivity index (χ0n) is 9.03. The lowest BCUT2D eigenvalue weighted by Crippen LogP contribution is -2.21. The van der Waals surface area contributed by atoms with Crippen molar-refractivity contribution in [1.29, 1.82) is 0 Å². The zero-order chi connectivity index (χ0) is 11.4. The topological polar surface area (TPSA) is 42.2 Å². The van der Waals surface area contributed by atoms with Crippen LogP contribution < -0.4 is 5.32 Å². The van der Waals surface area contributed by atoms with E-state index in [9.17, 15) is 4.79 Å². The van der Waals surface area contributed by atoms with Crippen LogP contribution in [0.3, 0.4) is 0 Å². The minimum absolute atomic E-state index is 0. The van der Waals surface area contributed by atoms with Crippen LogP contribution in [0, 0.1) is 0 Å². The van der Waals surface area contributed by atoms with Crippen LogP contribution >= 0.6 is 11.3 Å². The Morgan fingerprint density at radius 1 is 1.62 bits per heavy atom. The second-order valence-electron chi connectivity index (χ2n) is 3.42. The van der Waals surface area contributed by atoms with Crippen molar-refractivity contribution in [3.05, 3.63) is 46.0 Å². The van der Waals surface area contributed by atoms with Gasteiger partial charge in [-0.2, -0.15) is 0 Å². The molecule has 2 aromatic heterocycles. The summed E-state index contributed by atoms with van der Waals surface area (Å²) in [6.07, 6.45) is 2.57. The number of hydrogen-bond acceptors (Lipinski definition) is 3. The van der Waals surface area contributed by atoms with Gasteiger partial charge in [0.2, 0.25) is 0 Å². The smallest absolute Gasteiger partial charge is 0.252 e. The van der Waals surface area contributed by atoms with E-state index in [1.54, 1.807) is 23.7 Å². The van der Waals surface area contributed by atoms with Crippen molar-refractivity contribution in [2.75, 3.05) is 0 Å². The second-order valence-corrected chi connectivity index (χ2v) is 4.41. The molecule has 3 nitrogen and oxygen atoms in total. The van der Waals surface area contributed by atoms with Crippen molar-refractivity contribution < 1.29 is 10.6 Å². The lowest BCUT2D eigenvalue weighted by Gasteiger charge is -2.00. The number of nitrogens with one attached hydrogen (secondary N) is 1. The van der Waals surface area contributed by atoms with Crippen molar-refractivity contribution in [1.82, 2.24) is 5.32 Å². The van der Waals surface area contributed by atoms with Crippen molar-refractivity contribution in [3.63, 3.8) is 0 Å². The molecule has 1 amide bonds. The van der Waals surface area contributed by atoms with E-state index >= 15 is 0 Å². The molecular weight excluding hydrogens is 222 g/mol. The maximum atomic E-state index is 11.7. The van der Waals surface area contributed by atoms with Gasteiger partial charge in [-0.3, -0.25) is 4.79 Å². The van der Waals surface area contributed by atoms with Gasteiger partial charge in [-0.05, 0) is 24.6 Å². The summed E-state index contributed by atoms with van der Waals surface area (Å²) < 4.78 is 5.13. The van der Waals surface area contributed by atoms with E-state index in [2.05, 4.69) is 12.2 Å². The van der Waals surface area contributed by atoms with E-state index in [1.165, 1.54) is 4.88 Å². The average Bonchev–Trinajstić information content (AvgIpc) is 2.96. The first kappa shape index (κ1) is 11.0. The van der Waals surface area contributed by atoms with Gasteiger partial charge >= 0.3 is 0 Å². The third-order valence-electron chi connectivity index (χ3n) is 2.27. The molecule has 0 radical (unpaired) electrons. The Labute approximate surface area is 99.6 Å². The molecule has 0 aliphatic heterocycles. The quantitative estimate of drug-likeness (QED) is 0.888. The second kappa shape index (κ2) is 4.99. The number of carbonyl (C=O) groups is 1. The van der Waals surface area contributed by atoms with Crippen LogP contribution in [0.1, 0.15) is 29.3 Å². The summed E-state index contributed by atoms with van der Waals surface area (Å²) in [6.45, 7) is 2.51. The third-order valence-corrected chi connectivity index (χ3v) is 3.35. The average molecular weight is 237 g/mol. The van der Waals surface area contributed by atoms with Gasteiger partial charge in [0.05, 0.1) is 18.4 Å². The monoisotopic (exact) mass is 237 g/mol. The van der Waals surface area contributed by atoms with Gasteiger partial charge < -0.3 is 9.73 Å². The molecule has 2 rings (SSSR count). The highest BCUT2D eigenvalue weighted by Gasteiger charge is 2.08. The maximum Gasteiger partial charge on any atom is 0.252 e. The molecule has 1 N–H and O–H groups in total. The number of aryl methyl sites for hydroxylation is 1. The van der Waals surface area contributed by atoms with Crippen molar-refractivity contribution in [2.24, 2.45) is 0 Å². The molecule has 16 heavy (non-hydrogen) atoms. The third kappa shape index (κ3) is 2.52. The van der Waals surface area contributed by atoms with E-state index in [0.717, 1.165) is 17.7 Å². The van der Waals surface area contributed by atoms with Crippen LogP contribution in [0.25, 0.3) is 0 Å². The molecule has 0 aliphatic rings. The normalized spacial score (nSPS) is 10.3. The summed E-state index contributed by atoms with van der Waals surface area (Å²) in [5.41, 5.74) is 0.730. The first-order valence-electron chi connectivity index (χ1n) is 5.17. The summed E-state index contributed by atoms with van der Waals surface area (Å²) >= 11 is 1.62. The maximum absolute atomic E-state index is 11.7. The Morgan fingerprint density at radius 2 is 2.50 bits per heavy atom. The fourth-order valence-corrected chi connectivity index (χ4v) is 2.18. The molecule has 0 saturated heterocycles. The minimum atomic E-state index is -0.0487. The summed E-state index contributed by atoms with van der Waals surface area (Å²) in [6, 6.07) is 5.58. The van der Waals surface area contributed by atoms with E-state index in [1.807, 2.05) is 17.5 Å². The van der Waals surface area contributed by atoms with Gasteiger partial charge in [0, 0.05) is 11.7 Å². The molecule has 2 heterocycles. The van der Waals surface area contributed by atoms with Crippen LogP contribution in [-0.4, -0.2) is 5.91 Å². The number of thiophene rings is 1. The lowest BCUT2D eigenvalue weighted by atomic mass is 10.2. The predicted octanol–water partition coefficient (Wildman–Crippen LogP) is 3.08. The molecule has 0 spiro atoms. The van der Waals surface area contributed by atoms with Gasteiger partial charge in [0.25, 0.3) is 5.91 Å². The predicted molar refractivity (Wildman–Crippen MR) is 65.7 cm³/mol. The molecule has 2 aromatic rings. The Bertz CT molecular complexity index is 465. The van der Waals surface area contributed by atoms with Crippen LogP contribution in [0.15, 0.2) is 34.3 Å². The Hall–Kier alpha value is -1.55. The van der Waals surface area contributed by atoms with Crippen LogP contribution in [0.2, 0.25) is 0 Å². The van der Waals surface area contributed by atoms with Crippen LogP contribution in [-0.2, 0) is 13.0 Å². The standard InChI is InChI=1S/C12H13NO2S.H2/c1-2-11-6-9(8-16-11)12(14)13-7-10-4-3-5-15-10;/h3-6,8H,2,7H2,1H3,(H,13,14);1H. The van der Waals surface area contributed by atoms with Gasteiger partial charge in [-0.25, -0.2) is 0 Å². The number of hydrogen-bond donors (Lipinski definition) is 1. The molecule has 4 heteroatoms. The first-order chi connectivity index (χ1) is 7.79. The highest BCUT2D eigenvalue weighted by Crippen LogP contribution is 2.15. The first-order valence-corrected chi connectivity index (χ1v) is 6.05. The van der Waals surface area contributed by atoms with Crippen molar-refractivity contribution in [2.45, 2.75) is 19.9 Å². The summed E-state index contributed by atoms with van der Waals surface area (Å²) in [4.78, 5) is 12.9. The number of amides is 1. The molecular formula is C12H15NO2S. The van der Waals surface area contributed by atoms with Gasteiger partial charge in [0.1, 0.15) is 5.76 Å². The number of rotatable bonds is 4. The highest BCUT2D eigenvalue weighted by atomic mass is 32.1. The molecule has 0 aliphatic carbocycles. The molecule has 0 aromatic carbocycles. The Morgan fingerprint density at radius 3 is 3.12 bits per heavy atom. The van der Waals surface area contributed by atoms with Crippen LogP contribution in [0.4, 0.5) is 0 Å². The van der Waals surface area contributed by atoms with Gasteiger partial charge in [0.15, 0.2) is 0 Å². The fourth-order valence-electron chi connectivity index (χ4n) is 1.37. The lowest BCUT2D eigenvalue weighted by molar-refractivity contribution is 0.0948. The largest absolute Gasteiger partial charge is 0.467 e. The Balaban J connectivity index is 0.00000144. The van der Waals surface area contributed by atoms with E-state index in [4.69, 9.17) is 4.42 Å². The van der Waals surface area contributed by atoms with Crippen LogP contribution in [0.5, 0.6) is 0 Å². The summed E-state index contributed by atoms with van der Waals surface area (Å²) in [5, 5.41) is 4.70. The fraction of sp³-hybridized carbons (Fsp3) is 0.250. The molecule has 0 unspecified atom stereocenters. The number of carbonyl (C=O) groups excluding carboxylic acids is 1. The van der Waals surface area contributed by atoms with E-state index in [0.29, 0.717) is 6.54 Å². The van der Waals surface area contributed by atoms with E-state index < -0.39 is 0 Å². The van der Waals surface area contributed by atoms with Crippen molar-refractivity contribution >= 4 is 17.2 Å². The van der Waals surface area contributed by atoms with Gasteiger partial charge in [-0.15, -0.1) is 11.3 Å². The molecule has 0 saturated carbocycles. The molecule has 0 fully saturated rings.